The molecule has 3 heterocycles. The van der Waals surface area contributed by atoms with Crippen LogP contribution in [0.1, 0.15) is 28.9 Å². The number of hydrogen-bond donors (Lipinski definition) is 0. The highest BCUT2D eigenvalue weighted by molar-refractivity contribution is 5.97. The molecule has 4 rings (SSSR count). The molecule has 1 unspecified atom stereocenters. The maximum absolute atomic E-state index is 12.7. The molecule has 1 aromatic carbocycles. The molecule has 0 aliphatic carbocycles. The molecule has 26 heavy (non-hydrogen) atoms. The number of likely N-dealkylation sites (tertiary alicyclic amines) is 1. The molecule has 2 aliphatic rings. The summed E-state index contributed by atoms with van der Waals surface area (Å²) in [5, 5.41) is 13.0. The molecule has 2 aromatic rings. The molecule has 0 N–H and O–H groups in total. The molecule has 0 bridgehead atoms. The minimum absolute atomic E-state index is 0.0360. The van der Waals surface area contributed by atoms with E-state index in [0.717, 1.165) is 12.1 Å². The van der Waals surface area contributed by atoms with Gasteiger partial charge in [0.25, 0.3) is 5.91 Å². The molecule has 1 aromatic heterocycles. The summed E-state index contributed by atoms with van der Waals surface area (Å²) in [7, 11) is 1.75. The van der Waals surface area contributed by atoms with Crippen LogP contribution in [-0.2, 0) is 11.8 Å². The molecule has 2 aliphatic heterocycles. The molecule has 2 saturated heterocycles. The van der Waals surface area contributed by atoms with Crippen molar-refractivity contribution in [2.75, 3.05) is 24.5 Å². The van der Waals surface area contributed by atoms with Crippen LogP contribution >= 0.6 is 0 Å². The van der Waals surface area contributed by atoms with Crippen LogP contribution in [0.5, 0.6) is 0 Å². The van der Waals surface area contributed by atoms with Crippen LogP contribution in [0.2, 0.25) is 0 Å². The zero-order valence-corrected chi connectivity index (χ0v) is 14.6. The van der Waals surface area contributed by atoms with Gasteiger partial charge in [-0.3, -0.25) is 14.3 Å². The fraction of sp³-hybridized carbons (Fsp3) is 0.368. The summed E-state index contributed by atoms with van der Waals surface area (Å²) in [5.41, 5.74) is 1.75. The molecular formula is C19H19N5O2. The molecule has 7 nitrogen and oxygen atoms in total. The molecular weight excluding hydrogens is 330 g/mol. The number of aryl methyl sites for hydroxylation is 1. The van der Waals surface area contributed by atoms with Gasteiger partial charge in [-0.25, -0.2) is 0 Å². The first-order valence-corrected chi connectivity index (χ1v) is 8.59. The van der Waals surface area contributed by atoms with Crippen LogP contribution < -0.4 is 4.90 Å². The summed E-state index contributed by atoms with van der Waals surface area (Å²) in [6.45, 7) is 1.83. The number of aromatic nitrogens is 2. The largest absolute Gasteiger partial charge is 0.337 e. The maximum atomic E-state index is 12.7. The summed E-state index contributed by atoms with van der Waals surface area (Å²) in [5.74, 6) is 0.0377. The standard InChI is InChI=1S/C19H19N5O2/c1-22-16(6-8-21-22)18(26)23-9-7-19(12-23)10-17(25)24(13-19)15-4-2-14(11-20)3-5-15/h2-6,8H,7,9-10,12-13H2,1H3. The summed E-state index contributed by atoms with van der Waals surface area (Å²) in [4.78, 5) is 28.9. The fourth-order valence-corrected chi connectivity index (χ4v) is 3.97. The highest BCUT2D eigenvalue weighted by atomic mass is 16.2. The van der Waals surface area contributed by atoms with E-state index in [2.05, 4.69) is 11.2 Å². The number of carbonyl (C=O) groups excluding carboxylic acids is 2. The topological polar surface area (TPSA) is 82.2 Å². The molecule has 1 spiro atoms. The van der Waals surface area contributed by atoms with Gasteiger partial charge >= 0.3 is 0 Å². The predicted molar refractivity (Wildman–Crippen MR) is 94.3 cm³/mol. The third kappa shape index (κ3) is 2.64. The summed E-state index contributed by atoms with van der Waals surface area (Å²) in [6.07, 6.45) is 2.88. The first-order chi connectivity index (χ1) is 12.5. The van der Waals surface area contributed by atoms with Crippen LogP contribution in [0, 0.1) is 16.7 Å². The van der Waals surface area contributed by atoms with E-state index in [4.69, 9.17) is 5.26 Å². The lowest BCUT2D eigenvalue weighted by Crippen LogP contribution is -2.35. The van der Waals surface area contributed by atoms with Gasteiger partial charge in [0, 0.05) is 50.4 Å². The monoisotopic (exact) mass is 349 g/mol. The lowest BCUT2D eigenvalue weighted by Gasteiger charge is -2.24. The quantitative estimate of drug-likeness (QED) is 0.824. The van der Waals surface area contributed by atoms with Crippen molar-refractivity contribution in [2.45, 2.75) is 12.8 Å². The van der Waals surface area contributed by atoms with E-state index in [1.54, 1.807) is 41.0 Å². The lowest BCUT2D eigenvalue weighted by molar-refractivity contribution is -0.117. The van der Waals surface area contributed by atoms with Crippen molar-refractivity contribution >= 4 is 17.5 Å². The van der Waals surface area contributed by atoms with Crippen molar-refractivity contribution < 1.29 is 9.59 Å². The Morgan fingerprint density at radius 1 is 1.23 bits per heavy atom. The maximum Gasteiger partial charge on any atom is 0.272 e. The van der Waals surface area contributed by atoms with Crippen molar-refractivity contribution in [2.24, 2.45) is 12.5 Å². The number of hydrogen-bond acceptors (Lipinski definition) is 4. The second-order valence-electron chi connectivity index (χ2n) is 7.13. The SMILES string of the molecule is Cn1nccc1C(=O)N1CCC2(CC(=O)N(c3ccc(C#N)cc3)C2)C1. The van der Waals surface area contributed by atoms with Crippen molar-refractivity contribution in [3.8, 4) is 6.07 Å². The zero-order chi connectivity index (χ0) is 18.3. The van der Waals surface area contributed by atoms with Crippen molar-refractivity contribution in [3.63, 3.8) is 0 Å². The number of amides is 2. The average Bonchev–Trinajstić information content (AvgIpc) is 3.34. The highest BCUT2D eigenvalue weighted by Gasteiger charge is 2.49. The second kappa shape index (κ2) is 5.99. The van der Waals surface area contributed by atoms with Gasteiger partial charge < -0.3 is 9.80 Å². The first-order valence-electron chi connectivity index (χ1n) is 8.59. The van der Waals surface area contributed by atoms with Gasteiger partial charge in [-0.05, 0) is 36.8 Å². The van der Waals surface area contributed by atoms with Crippen LogP contribution in [-0.4, -0.2) is 46.1 Å². The fourth-order valence-electron chi connectivity index (χ4n) is 3.97. The van der Waals surface area contributed by atoms with E-state index in [9.17, 15) is 9.59 Å². The van der Waals surface area contributed by atoms with Gasteiger partial charge in [0.1, 0.15) is 5.69 Å². The minimum atomic E-state index is -0.195. The second-order valence-corrected chi connectivity index (χ2v) is 7.13. The third-order valence-corrected chi connectivity index (χ3v) is 5.39. The minimum Gasteiger partial charge on any atom is -0.337 e. The van der Waals surface area contributed by atoms with Gasteiger partial charge in [0.15, 0.2) is 0 Å². The van der Waals surface area contributed by atoms with Gasteiger partial charge in [-0.2, -0.15) is 10.4 Å². The number of anilines is 1. The normalized spacial score (nSPS) is 22.2. The summed E-state index contributed by atoms with van der Waals surface area (Å²) >= 11 is 0. The first kappa shape index (κ1) is 16.3. The van der Waals surface area contributed by atoms with Gasteiger partial charge in [0.05, 0.1) is 11.6 Å². The number of benzene rings is 1. The lowest BCUT2D eigenvalue weighted by atomic mass is 9.86. The Labute approximate surface area is 151 Å². The third-order valence-electron chi connectivity index (χ3n) is 5.39. The number of nitrogens with zero attached hydrogens (tertiary/aromatic N) is 5. The van der Waals surface area contributed by atoms with Crippen LogP contribution in [0.15, 0.2) is 36.5 Å². The molecule has 1 atom stereocenters. The Morgan fingerprint density at radius 3 is 2.65 bits per heavy atom. The van der Waals surface area contributed by atoms with E-state index >= 15 is 0 Å². The highest BCUT2D eigenvalue weighted by Crippen LogP contribution is 2.42. The Morgan fingerprint density at radius 2 is 2.00 bits per heavy atom. The van der Waals surface area contributed by atoms with E-state index in [-0.39, 0.29) is 17.2 Å². The van der Waals surface area contributed by atoms with Crippen molar-refractivity contribution in [1.29, 1.82) is 5.26 Å². The predicted octanol–water partition coefficient (Wildman–Crippen LogP) is 1.56. The number of carbonyl (C=O) groups is 2. The van der Waals surface area contributed by atoms with E-state index in [1.807, 2.05) is 17.0 Å². The summed E-state index contributed by atoms with van der Waals surface area (Å²) in [6, 6.07) is 10.9. The Kier molecular flexibility index (Phi) is 3.76. The molecule has 2 amide bonds. The number of rotatable bonds is 2. The molecule has 0 radical (unpaired) electrons. The molecule has 2 fully saturated rings. The Bertz CT molecular complexity index is 911. The molecule has 132 valence electrons. The summed E-state index contributed by atoms with van der Waals surface area (Å²) < 4.78 is 1.58. The van der Waals surface area contributed by atoms with Crippen LogP contribution in [0.4, 0.5) is 5.69 Å². The van der Waals surface area contributed by atoms with Gasteiger partial charge in [-0.15, -0.1) is 0 Å². The van der Waals surface area contributed by atoms with E-state index in [0.29, 0.717) is 37.3 Å². The zero-order valence-electron chi connectivity index (χ0n) is 14.6. The van der Waals surface area contributed by atoms with E-state index < -0.39 is 0 Å². The van der Waals surface area contributed by atoms with Crippen LogP contribution in [0.25, 0.3) is 0 Å². The average molecular weight is 349 g/mol. The van der Waals surface area contributed by atoms with Gasteiger partial charge in [0.2, 0.25) is 5.91 Å². The Balaban J connectivity index is 1.50. The van der Waals surface area contributed by atoms with E-state index in [1.165, 1.54) is 0 Å². The molecule has 0 saturated carbocycles. The van der Waals surface area contributed by atoms with Crippen molar-refractivity contribution in [3.05, 3.63) is 47.8 Å². The van der Waals surface area contributed by atoms with Crippen molar-refractivity contribution in [1.82, 2.24) is 14.7 Å². The van der Waals surface area contributed by atoms with Gasteiger partial charge in [-0.1, -0.05) is 0 Å². The smallest absolute Gasteiger partial charge is 0.272 e. The van der Waals surface area contributed by atoms with Crippen LogP contribution in [0.3, 0.4) is 0 Å². The molecule has 7 heteroatoms. The number of nitriles is 1. The Hall–Kier alpha value is -3.14.